The van der Waals surface area contributed by atoms with Gasteiger partial charge in [0.2, 0.25) is 5.91 Å². The van der Waals surface area contributed by atoms with Crippen LogP contribution in [0.5, 0.6) is 11.5 Å². The number of ether oxygens (including phenoxy) is 1. The smallest absolute Gasteiger partial charge is 0.221 e. The van der Waals surface area contributed by atoms with Gasteiger partial charge >= 0.3 is 0 Å². The molecule has 0 aliphatic heterocycles. The van der Waals surface area contributed by atoms with Crippen LogP contribution in [0.25, 0.3) is 10.9 Å². The van der Waals surface area contributed by atoms with Crippen LogP contribution in [0, 0.1) is 0 Å². The lowest BCUT2D eigenvalue weighted by molar-refractivity contribution is -0.120. The number of rotatable bonds is 6. The highest BCUT2D eigenvalue weighted by Gasteiger charge is 2.05. The monoisotopic (exact) mass is 321 g/mol. The van der Waals surface area contributed by atoms with E-state index in [1.807, 2.05) is 54.6 Å². The molecule has 0 radical (unpaired) electrons. The van der Waals surface area contributed by atoms with Gasteiger partial charge in [-0.2, -0.15) is 0 Å². The van der Waals surface area contributed by atoms with Gasteiger partial charge in [0.1, 0.15) is 11.5 Å². The first kappa shape index (κ1) is 15.8. The Morgan fingerprint density at radius 1 is 1.08 bits per heavy atom. The molecule has 0 bridgehead atoms. The summed E-state index contributed by atoms with van der Waals surface area (Å²) in [5, 5.41) is 6.86. The van der Waals surface area contributed by atoms with Crippen molar-refractivity contribution in [3.63, 3.8) is 0 Å². The highest BCUT2D eigenvalue weighted by atomic mass is 16.5. The molecule has 1 amide bonds. The summed E-state index contributed by atoms with van der Waals surface area (Å²) < 4.78 is 5.88. The van der Waals surface area contributed by atoms with Crippen LogP contribution in [0.3, 0.4) is 0 Å². The zero-order chi connectivity index (χ0) is 16.8. The second kappa shape index (κ2) is 7.46. The van der Waals surface area contributed by atoms with Gasteiger partial charge in [-0.25, -0.2) is 0 Å². The second-order valence-electron chi connectivity index (χ2n) is 5.30. The molecule has 1 heterocycles. The minimum absolute atomic E-state index is 0.00830. The van der Waals surface area contributed by atoms with E-state index in [9.17, 15) is 4.79 Å². The molecular weight excluding hydrogens is 302 g/mol. The summed E-state index contributed by atoms with van der Waals surface area (Å²) in [4.78, 5) is 15.7. The van der Waals surface area contributed by atoms with Crippen LogP contribution in [0.15, 0.2) is 60.8 Å². The van der Waals surface area contributed by atoms with E-state index in [4.69, 9.17) is 4.74 Å². The summed E-state index contributed by atoms with van der Waals surface area (Å²) >= 11 is 0. The minimum Gasteiger partial charge on any atom is -0.457 e. The lowest BCUT2D eigenvalue weighted by Gasteiger charge is -2.11. The lowest BCUT2D eigenvalue weighted by Crippen LogP contribution is -2.20. The Hall–Kier alpha value is -3.08. The number of carbonyl (C=O) groups is 1. The number of pyridine rings is 1. The van der Waals surface area contributed by atoms with E-state index in [2.05, 4.69) is 15.6 Å². The summed E-state index contributed by atoms with van der Waals surface area (Å²) in [6, 6.07) is 17.3. The van der Waals surface area contributed by atoms with Crippen LogP contribution in [-0.4, -0.2) is 24.5 Å². The van der Waals surface area contributed by atoms with Crippen molar-refractivity contribution in [3.8, 4) is 11.5 Å². The Bertz CT molecular complexity index is 834. The summed E-state index contributed by atoms with van der Waals surface area (Å²) in [5.41, 5.74) is 1.81. The fourth-order valence-corrected chi connectivity index (χ4v) is 2.40. The molecule has 0 fully saturated rings. The number of carbonyl (C=O) groups excluding carboxylic acids is 1. The Morgan fingerprint density at radius 2 is 1.92 bits per heavy atom. The molecule has 2 aromatic carbocycles. The molecule has 0 atom stereocenters. The first-order valence-corrected chi connectivity index (χ1v) is 7.82. The number of para-hydroxylation sites is 1. The van der Waals surface area contributed by atoms with E-state index in [-0.39, 0.29) is 5.91 Å². The Balaban J connectivity index is 1.81. The van der Waals surface area contributed by atoms with Gasteiger partial charge in [-0.3, -0.25) is 9.78 Å². The SMILES string of the molecule is CNC(=O)CCNc1ccnc2ccc(Oc3ccccc3)cc12. The van der Waals surface area contributed by atoms with E-state index in [1.165, 1.54) is 0 Å². The predicted octanol–water partition coefficient (Wildman–Crippen LogP) is 3.58. The molecule has 0 saturated heterocycles. The number of nitrogens with zero attached hydrogens (tertiary/aromatic N) is 1. The second-order valence-corrected chi connectivity index (χ2v) is 5.30. The topological polar surface area (TPSA) is 63.2 Å². The van der Waals surface area contributed by atoms with Crippen LogP contribution < -0.4 is 15.4 Å². The number of fused-ring (bicyclic) bond motifs is 1. The summed E-state index contributed by atoms with van der Waals surface area (Å²) in [6.45, 7) is 0.558. The van der Waals surface area contributed by atoms with Crippen molar-refractivity contribution in [3.05, 3.63) is 60.8 Å². The third kappa shape index (κ3) is 3.81. The number of hydrogen-bond acceptors (Lipinski definition) is 4. The van der Waals surface area contributed by atoms with Crippen LogP contribution in [0.2, 0.25) is 0 Å². The normalized spacial score (nSPS) is 10.4. The maximum atomic E-state index is 11.3. The van der Waals surface area contributed by atoms with Crippen molar-refractivity contribution in [2.75, 3.05) is 18.9 Å². The molecule has 3 rings (SSSR count). The number of aromatic nitrogens is 1. The van der Waals surface area contributed by atoms with E-state index in [0.29, 0.717) is 13.0 Å². The fraction of sp³-hybridized carbons (Fsp3) is 0.158. The largest absolute Gasteiger partial charge is 0.457 e. The number of amides is 1. The third-order valence-electron chi connectivity index (χ3n) is 3.64. The Kier molecular flexibility index (Phi) is 4.91. The minimum atomic E-state index is 0.00830. The number of nitrogens with one attached hydrogen (secondary N) is 2. The van der Waals surface area contributed by atoms with E-state index in [0.717, 1.165) is 28.1 Å². The summed E-state index contributed by atoms with van der Waals surface area (Å²) in [7, 11) is 1.64. The zero-order valence-corrected chi connectivity index (χ0v) is 13.5. The quantitative estimate of drug-likeness (QED) is 0.728. The molecule has 5 nitrogen and oxygen atoms in total. The number of anilines is 1. The zero-order valence-electron chi connectivity index (χ0n) is 13.5. The molecule has 0 aliphatic carbocycles. The first-order valence-electron chi connectivity index (χ1n) is 7.82. The Labute approximate surface area is 140 Å². The fourth-order valence-electron chi connectivity index (χ4n) is 2.40. The van der Waals surface area contributed by atoms with E-state index in [1.54, 1.807) is 13.2 Å². The van der Waals surface area contributed by atoms with Gasteiger partial charge in [0.25, 0.3) is 0 Å². The van der Waals surface area contributed by atoms with Crippen molar-refractivity contribution in [1.29, 1.82) is 0 Å². The molecule has 3 aromatic rings. The average Bonchev–Trinajstić information content (AvgIpc) is 2.62. The van der Waals surface area contributed by atoms with Crippen LogP contribution in [-0.2, 0) is 4.79 Å². The lowest BCUT2D eigenvalue weighted by atomic mass is 10.1. The van der Waals surface area contributed by atoms with Crippen molar-refractivity contribution >= 4 is 22.5 Å². The number of hydrogen-bond donors (Lipinski definition) is 2. The molecule has 0 saturated carbocycles. The van der Waals surface area contributed by atoms with Crippen LogP contribution in [0.1, 0.15) is 6.42 Å². The molecule has 5 heteroatoms. The van der Waals surface area contributed by atoms with Crippen molar-refractivity contribution in [2.45, 2.75) is 6.42 Å². The highest BCUT2D eigenvalue weighted by molar-refractivity contribution is 5.92. The van der Waals surface area contributed by atoms with E-state index < -0.39 is 0 Å². The molecule has 122 valence electrons. The van der Waals surface area contributed by atoms with E-state index >= 15 is 0 Å². The van der Waals surface area contributed by atoms with Crippen molar-refractivity contribution < 1.29 is 9.53 Å². The number of benzene rings is 2. The molecular formula is C19H19N3O2. The summed E-state index contributed by atoms with van der Waals surface area (Å²) in [6.07, 6.45) is 2.17. The van der Waals surface area contributed by atoms with Crippen molar-refractivity contribution in [1.82, 2.24) is 10.3 Å². The van der Waals surface area contributed by atoms with Gasteiger partial charge in [0.15, 0.2) is 0 Å². The molecule has 0 unspecified atom stereocenters. The van der Waals surface area contributed by atoms with Gasteiger partial charge in [0, 0.05) is 37.3 Å². The maximum Gasteiger partial charge on any atom is 0.221 e. The molecule has 24 heavy (non-hydrogen) atoms. The predicted molar refractivity (Wildman–Crippen MR) is 95.4 cm³/mol. The van der Waals surface area contributed by atoms with Crippen molar-refractivity contribution in [2.24, 2.45) is 0 Å². The highest BCUT2D eigenvalue weighted by Crippen LogP contribution is 2.28. The molecule has 2 N–H and O–H groups in total. The third-order valence-corrected chi connectivity index (χ3v) is 3.64. The Morgan fingerprint density at radius 3 is 2.71 bits per heavy atom. The van der Waals surface area contributed by atoms with Crippen LogP contribution >= 0.6 is 0 Å². The van der Waals surface area contributed by atoms with Gasteiger partial charge < -0.3 is 15.4 Å². The molecule has 1 aromatic heterocycles. The first-order chi connectivity index (χ1) is 11.8. The standard InChI is InChI=1S/C19H19N3O2/c1-20-19(23)10-12-22-18-9-11-21-17-8-7-15(13-16(17)18)24-14-5-3-2-4-6-14/h2-9,11,13H,10,12H2,1H3,(H,20,23)(H,21,22). The van der Waals surface area contributed by atoms with Gasteiger partial charge in [-0.15, -0.1) is 0 Å². The average molecular weight is 321 g/mol. The molecule has 0 spiro atoms. The summed E-state index contributed by atoms with van der Waals surface area (Å²) in [5.74, 6) is 1.54. The van der Waals surface area contributed by atoms with Gasteiger partial charge in [-0.05, 0) is 36.4 Å². The van der Waals surface area contributed by atoms with Gasteiger partial charge in [0.05, 0.1) is 5.52 Å². The van der Waals surface area contributed by atoms with Crippen LogP contribution in [0.4, 0.5) is 5.69 Å². The molecule has 0 aliphatic rings. The van der Waals surface area contributed by atoms with Gasteiger partial charge in [-0.1, -0.05) is 18.2 Å². The maximum absolute atomic E-state index is 11.3.